The normalized spacial score (nSPS) is 13.4. The van der Waals surface area contributed by atoms with Crippen molar-refractivity contribution in [1.29, 1.82) is 0 Å². The van der Waals surface area contributed by atoms with Crippen LogP contribution >= 0.6 is 11.6 Å². The van der Waals surface area contributed by atoms with Gasteiger partial charge in [0, 0.05) is 43.0 Å². The molecule has 1 aliphatic rings. The lowest BCUT2D eigenvalue weighted by Crippen LogP contribution is -2.49. The lowest BCUT2D eigenvalue weighted by atomic mass is 10.0. The van der Waals surface area contributed by atoms with E-state index >= 15 is 0 Å². The van der Waals surface area contributed by atoms with Crippen molar-refractivity contribution in [2.24, 2.45) is 0 Å². The number of anilines is 1. The first-order chi connectivity index (χ1) is 17.5. The van der Waals surface area contributed by atoms with Crippen LogP contribution in [0.15, 0.2) is 60.8 Å². The number of rotatable bonds is 5. The van der Waals surface area contributed by atoms with Gasteiger partial charge in [0.1, 0.15) is 18.3 Å². The minimum Gasteiger partial charge on any atom is -0.353 e. The van der Waals surface area contributed by atoms with Gasteiger partial charge in [-0.1, -0.05) is 56.1 Å². The molecule has 6 nitrogen and oxygen atoms in total. The summed E-state index contributed by atoms with van der Waals surface area (Å²) in [4.78, 5) is 29.3. The Morgan fingerprint density at radius 1 is 1.03 bits per heavy atom. The first-order valence-electron chi connectivity index (χ1n) is 12.3. The van der Waals surface area contributed by atoms with Crippen LogP contribution in [0.25, 0.3) is 22.4 Å². The lowest BCUT2D eigenvalue weighted by molar-refractivity contribution is -0.130. The molecule has 0 atom stereocenters. The number of aromatic nitrogens is 3. The maximum Gasteiger partial charge on any atom is 0.227 e. The average molecular weight is 508 g/mol. The van der Waals surface area contributed by atoms with Gasteiger partial charge in [-0.25, -0.2) is 14.4 Å². The largest absolute Gasteiger partial charge is 0.353 e. The van der Waals surface area contributed by atoms with E-state index in [1.54, 1.807) is 18.3 Å². The molecule has 3 heterocycles. The van der Waals surface area contributed by atoms with Crippen molar-refractivity contribution >= 4 is 34.4 Å². The number of aromatic amines is 1. The number of amides is 1. The van der Waals surface area contributed by atoms with Gasteiger partial charge in [-0.3, -0.25) is 4.79 Å². The average Bonchev–Trinajstić information content (AvgIpc) is 3.33. The van der Waals surface area contributed by atoms with Gasteiger partial charge in [-0.15, -0.1) is 0 Å². The zero-order valence-corrected chi connectivity index (χ0v) is 21.4. The van der Waals surface area contributed by atoms with Crippen molar-refractivity contribution in [2.45, 2.75) is 33.4 Å². The summed E-state index contributed by atoms with van der Waals surface area (Å²) in [5.41, 5.74) is 3.98. The highest BCUT2D eigenvalue weighted by atomic mass is 35.5. The Morgan fingerprint density at radius 2 is 1.75 bits per heavy atom. The van der Waals surface area contributed by atoms with Crippen LogP contribution in [0.2, 0.25) is 5.02 Å². The number of benzene rings is 2. The van der Waals surface area contributed by atoms with E-state index in [2.05, 4.69) is 33.7 Å². The fourth-order valence-electron chi connectivity index (χ4n) is 4.15. The number of hydrogen-bond acceptors (Lipinski definition) is 4. The third-order valence-corrected chi connectivity index (χ3v) is 6.26. The van der Waals surface area contributed by atoms with E-state index in [0.29, 0.717) is 36.8 Å². The van der Waals surface area contributed by atoms with E-state index < -0.39 is 6.67 Å². The van der Waals surface area contributed by atoms with Crippen LogP contribution < -0.4 is 4.90 Å². The number of alkyl halides is 1. The van der Waals surface area contributed by atoms with Gasteiger partial charge in [0.15, 0.2) is 0 Å². The first-order valence-corrected chi connectivity index (χ1v) is 12.7. The Balaban J connectivity index is 0.000000967. The molecular weight excluding hydrogens is 477 g/mol. The third kappa shape index (κ3) is 6.02. The Morgan fingerprint density at radius 3 is 2.42 bits per heavy atom. The van der Waals surface area contributed by atoms with E-state index in [1.165, 1.54) is 6.42 Å². The molecule has 1 saturated heterocycles. The van der Waals surface area contributed by atoms with E-state index in [1.807, 2.05) is 47.4 Å². The maximum atomic E-state index is 13.2. The molecule has 0 bridgehead atoms. The number of nitrogens with zero attached hydrogens (tertiary/aromatic N) is 4. The highest BCUT2D eigenvalue weighted by Gasteiger charge is 2.22. The van der Waals surface area contributed by atoms with Crippen molar-refractivity contribution in [2.75, 3.05) is 31.1 Å². The Hall–Kier alpha value is -3.45. The highest BCUT2D eigenvalue weighted by molar-refractivity contribution is 6.31. The summed E-state index contributed by atoms with van der Waals surface area (Å²) in [6.07, 6.45) is 3.29. The van der Waals surface area contributed by atoms with Crippen LogP contribution in [-0.4, -0.2) is 51.9 Å². The molecule has 1 N–H and O–H groups in total. The van der Waals surface area contributed by atoms with E-state index in [9.17, 15) is 9.18 Å². The molecule has 36 heavy (non-hydrogen) atoms. The molecule has 0 radical (unpaired) electrons. The van der Waals surface area contributed by atoms with Crippen LogP contribution in [-0.2, 0) is 17.9 Å². The predicted molar refractivity (Wildman–Crippen MR) is 144 cm³/mol. The summed E-state index contributed by atoms with van der Waals surface area (Å²) in [5, 5.41) is 0.662. The van der Waals surface area contributed by atoms with Crippen LogP contribution in [0, 0.1) is 0 Å². The van der Waals surface area contributed by atoms with E-state index in [0.717, 1.165) is 33.8 Å². The number of imidazole rings is 1. The molecule has 1 aliphatic heterocycles. The summed E-state index contributed by atoms with van der Waals surface area (Å²) < 4.78 is 13.2. The van der Waals surface area contributed by atoms with Gasteiger partial charge in [0.05, 0.1) is 17.5 Å². The third-order valence-electron chi connectivity index (χ3n) is 6.03. The number of piperazine rings is 1. The topological polar surface area (TPSA) is 65.1 Å². The molecule has 2 aromatic heterocycles. The molecule has 0 aliphatic carbocycles. The number of carbonyl (C=O) groups is 1. The van der Waals surface area contributed by atoms with Crippen molar-refractivity contribution in [3.05, 3.63) is 76.9 Å². The van der Waals surface area contributed by atoms with Crippen molar-refractivity contribution < 1.29 is 9.18 Å². The second-order valence-corrected chi connectivity index (χ2v) is 9.24. The molecule has 188 valence electrons. The van der Waals surface area contributed by atoms with E-state index in [4.69, 9.17) is 11.6 Å². The molecule has 8 heteroatoms. The number of hydrogen-bond donors (Lipinski definition) is 1. The number of carbonyl (C=O) groups excluding carboxylic acids is 1. The number of fused-ring (bicyclic) bond motifs is 1. The number of pyridine rings is 1. The molecule has 0 spiro atoms. The molecule has 0 saturated carbocycles. The Labute approximate surface area is 216 Å². The Kier molecular flexibility index (Phi) is 8.54. The molecule has 5 rings (SSSR count). The molecule has 2 aromatic carbocycles. The molecular formula is C28H31ClFN5O. The summed E-state index contributed by atoms with van der Waals surface area (Å²) in [7, 11) is 0. The second kappa shape index (κ2) is 12.0. The fourth-order valence-corrected chi connectivity index (χ4v) is 4.32. The second-order valence-electron chi connectivity index (χ2n) is 8.81. The van der Waals surface area contributed by atoms with Gasteiger partial charge in [0.2, 0.25) is 5.91 Å². The fraction of sp³-hybridized carbons (Fsp3) is 0.321. The summed E-state index contributed by atoms with van der Waals surface area (Å²) in [6, 6.07) is 16.7. The van der Waals surface area contributed by atoms with Crippen LogP contribution in [0.5, 0.6) is 0 Å². The predicted octanol–water partition coefficient (Wildman–Crippen LogP) is 6.06. The molecule has 0 unspecified atom stereocenters. The zero-order chi connectivity index (χ0) is 25.5. The standard InChI is InChI=1S/C25H23ClFN5O.C3H8/c26-20-6-7-21-22(14-20)30-25(29-21)19-5-8-23(28-16-19)31-9-11-32(12-10-31)24(33)13-17-3-1-2-4-18(17)15-27;1-3-2/h1-8,14,16H,9-13,15H2,(H,29,30);3H2,1-2H3. The van der Waals surface area contributed by atoms with Gasteiger partial charge in [-0.2, -0.15) is 0 Å². The van der Waals surface area contributed by atoms with Gasteiger partial charge in [0.25, 0.3) is 0 Å². The summed E-state index contributed by atoms with van der Waals surface area (Å²) in [5.74, 6) is 1.65. The molecule has 1 amide bonds. The number of halogens is 2. The minimum atomic E-state index is -0.555. The quantitative estimate of drug-likeness (QED) is 0.357. The maximum absolute atomic E-state index is 13.2. The van der Waals surface area contributed by atoms with Gasteiger partial charge >= 0.3 is 0 Å². The highest BCUT2D eigenvalue weighted by Crippen LogP contribution is 2.24. The lowest BCUT2D eigenvalue weighted by Gasteiger charge is -2.35. The van der Waals surface area contributed by atoms with Crippen LogP contribution in [0.1, 0.15) is 31.4 Å². The molecule has 1 fully saturated rings. The number of nitrogens with one attached hydrogen (secondary N) is 1. The van der Waals surface area contributed by atoms with Crippen LogP contribution in [0.3, 0.4) is 0 Å². The Bertz CT molecular complexity index is 1300. The van der Waals surface area contributed by atoms with Crippen molar-refractivity contribution in [3.8, 4) is 11.4 Å². The SMILES string of the molecule is CCC.O=C(Cc1ccccc1CF)N1CCN(c2ccc(-c3nc4ccc(Cl)cc4[nH]3)cn2)CC1. The summed E-state index contributed by atoms with van der Waals surface area (Å²) >= 11 is 6.06. The number of H-pyrrole nitrogens is 1. The van der Waals surface area contributed by atoms with E-state index in [-0.39, 0.29) is 12.3 Å². The molecule has 4 aromatic rings. The minimum absolute atomic E-state index is 0.0313. The monoisotopic (exact) mass is 507 g/mol. The summed E-state index contributed by atoms with van der Waals surface area (Å²) in [6.45, 7) is 6.33. The van der Waals surface area contributed by atoms with Crippen molar-refractivity contribution in [1.82, 2.24) is 19.9 Å². The van der Waals surface area contributed by atoms with Crippen LogP contribution in [0.4, 0.5) is 10.2 Å². The smallest absolute Gasteiger partial charge is 0.227 e. The zero-order valence-electron chi connectivity index (χ0n) is 20.7. The van der Waals surface area contributed by atoms with Gasteiger partial charge < -0.3 is 14.8 Å². The van der Waals surface area contributed by atoms with Crippen molar-refractivity contribution in [3.63, 3.8) is 0 Å². The first kappa shape index (κ1) is 25.6. The van der Waals surface area contributed by atoms with Gasteiger partial charge in [-0.05, 0) is 41.5 Å².